The van der Waals surface area contributed by atoms with Crippen molar-refractivity contribution in [1.82, 2.24) is 14.8 Å². The summed E-state index contributed by atoms with van der Waals surface area (Å²) in [5.41, 5.74) is 1.73. The number of benzene rings is 2. The molecule has 1 saturated heterocycles. The van der Waals surface area contributed by atoms with Crippen molar-refractivity contribution in [3.63, 3.8) is 0 Å². The maximum atomic E-state index is 13.7. The predicted octanol–water partition coefficient (Wildman–Crippen LogP) is 4.57. The molecule has 0 bridgehead atoms. The van der Waals surface area contributed by atoms with E-state index < -0.39 is 0 Å². The lowest BCUT2D eigenvalue weighted by Crippen LogP contribution is -2.16. The quantitative estimate of drug-likeness (QED) is 0.489. The Balaban J connectivity index is 1.61. The van der Waals surface area contributed by atoms with Gasteiger partial charge in [-0.3, -0.25) is 4.57 Å². The molecule has 0 saturated carbocycles. The number of hydrogen-bond donors (Lipinski definition) is 0. The van der Waals surface area contributed by atoms with Gasteiger partial charge in [-0.2, -0.15) is 0 Å². The zero-order valence-electron chi connectivity index (χ0n) is 17.0. The molecule has 1 unspecified atom stereocenters. The van der Waals surface area contributed by atoms with Crippen LogP contribution in [0.5, 0.6) is 11.5 Å². The van der Waals surface area contributed by atoms with Crippen molar-refractivity contribution >= 4 is 11.8 Å². The van der Waals surface area contributed by atoms with Crippen LogP contribution in [0.4, 0.5) is 4.39 Å². The molecule has 158 valence electrons. The third kappa shape index (κ3) is 4.60. The first kappa shape index (κ1) is 20.7. The van der Waals surface area contributed by atoms with Crippen LogP contribution in [0, 0.1) is 5.82 Å². The highest BCUT2D eigenvalue weighted by Crippen LogP contribution is 2.31. The monoisotopic (exact) mass is 429 g/mol. The molecule has 1 fully saturated rings. The van der Waals surface area contributed by atoms with E-state index in [1.165, 1.54) is 23.9 Å². The summed E-state index contributed by atoms with van der Waals surface area (Å²) in [6.45, 7) is 1.46. The lowest BCUT2D eigenvalue weighted by molar-refractivity contribution is 0.0953. The molecule has 0 amide bonds. The SMILES string of the molecule is COc1ccc(-c2nnc(SCc3cc(F)ccc3OC)n2CC2CCCO2)cc1. The minimum atomic E-state index is -0.286. The van der Waals surface area contributed by atoms with Gasteiger partial charge in [0.05, 0.1) is 26.9 Å². The fourth-order valence-electron chi connectivity index (χ4n) is 3.51. The van der Waals surface area contributed by atoms with Crippen molar-refractivity contribution in [3.05, 3.63) is 53.8 Å². The summed E-state index contributed by atoms with van der Waals surface area (Å²) in [6, 6.07) is 12.3. The van der Waals surface area contributed by atoms with Crippen LogP contribution in [0.3, 0.4) is 0 Å². The zero-order valence-corrected chi connectivity index (χ0v) is 17.8. The summed E-state index contributed by atoms with van der Waals surface area (Å²) in [6.07, 6.45) is 2.22. The Labute approximate surface area is 179 Å². The minimum Gasteiger partial charge on any atom is -0.497 e. The number of rotatable bonds is 8. The Morgan fingerprint density at radius 3 is 2.67 bits per heavy atom. The summed E-state index contributed by atoms with van der Waals surface area (Å²) in [5, 5.41) is 9.64. The van der Waals surface area contributed by atoms with Crippen LogP contribution >= 0.6 is 11.8 Å². The van der Waals surface area contributed by atoms with Crippen LogP contribution in [0.1, 0.15) is 18.4 Å². The lowest BCUT2D eigenvalue weighted by Gasteiger charge is -2.15. The maximum Gasteiger partial charge on any atom is 0.191 e. The van der Waals surface area contributed by atoms with Crippen molar-refractivity contribution in [1.29, 1.82) is 0 Å². The molecule has 0 N–H and O–H groups in total. The smallest absolute Gasteiger partial charge is 0.191 e. The molecule has 30 heavy (non-hydrogen) atoms. The molecule has 1 aliphatic rings. The van der Waals surface area contributed by atoms with Gasteiger partial charge in [0.25, 0.3) is 0 Å². The molecule has 4 rings (SSSR count). The van der Waals surface area contributed by atoms with E-state index in [2.05, 4.69) is 14.8 Å². The van der Waals surface area contributed by atoms with Gasteiger partial charge in [-0.15, -0.1) is 10.2 Å². The highest BCUT2D eigenvalue weighted by Gasteiger charge is 2.22. The lowest BCUT2D eigenvalue weighted by atomic mass is 10.2. The van der Waals surface area contributed by atoms with Crippen molar-refractivity contribution in [2.24, 2.45) is 0 Å². The Morgan fingerprint density at radius 2 is 1.97 bits per heavy atom. The summed E-state index contributed by atoms with van der Waals surface area (Å²) in [4.78, 5) is 0. The van der Waals surface area contributed by atoms with Crippen LogP contribution in [0.15, 0.2) is 47.6 Å². The fourth-order valence-corrected chi connectivity index (χ4v) is 4.43. The Hall–Kier alpha value is -2.58. The molecule has 0 aliphatic carbocycles. The average Bonchev–Trinajstić information content (AvgIpc) is 3.43. The topological polar surface area (TPSA) is 58.4 Å². The number of nitrogens with zero attached hydrogens (tertiary/aromatic N) is 3. The number of hydrogen-bond acceptors (Lipinski definition) is 6. The van der Waals surface area contributed by atoms with Gasteiger partial charge >= 0.3 is 0 Å². The van der Waals surface area contributed by atoms with E-state index in [1.807, 2.05) is 24.3 Å². The summed E-state index contributed by atoms with van der Waals surface area (Å²) >= 11 is 1.51. The summed E-state index contributed by atoms with van der Waals surface area (Å²) in [7, 11) is 3.23. The molecule has 2 heterocycles. The Kier molecular flexibility index (Phi) is 6.54. The van der Waals surface area contributed by atoms with Crippen LogP contribution in [0.2, 0.25) is 0 Å². The van der Waals surface area contributed by atoms with Crippen LogP contribution in [-0.4, -0.2) is 41.7 Å². The third-order valence-electron chi connectivity index (χ3n) is 5.07. The van der Waals surface area contributed by atoms with Crippen molar-refractivity contribution in [2.45, 2.75) is 36.4 Å². The molecule has 1 aromatic heterocycles. The van der Waals surface area contributed by atoms with E-state index in [1.54, 1.807) is 20.3 Å². The van der Waals surface area contributed by atoms with Crippen LogP contribution < -0.4 is 9.47 Å². The average molecular weight is 430 g/mol. The summed E-state index contributed by atoms with van der Waals surface area (Å²) in [5.74, 6) is 2.46. The van der Waals surface area contributed by atoms with Crippen molar-refractivity contribution in [2.75, 3.05) is 20.8 Å². The van der Waals surface area contributed by atoms with Gasteiger partial charge < -0.3 is 14.2 Å². The fraction of sp³-hybridized carbons (Fsp3) is 0.364. The first-order chi connectivity index (χ1) is 14.7. The molecule has 3 aromatic rings. The molecule has 6 nitrogen and oxygen atoms in total. The van der Waals surface area contributed by atoms with Gasteiger partial charge in [-0.25, -0.2) is 4.39 Å². The number of thioether (sulfide) groups is 1. The van der Waals surface area contributed by atoms with Gasteiger partial charge in [-0.1, -0.05) is 11.8 Å². The summed E-state index contributed by atoms with van der Waals surface area (Å²) < 4.78 is 32.3. The molecule has 8 heteroatoms. The second kappa shape index (κ2) is 9.49. The first-order valence-electron chi connectivity index (χ1n) is 9.82. The maximum absolute atomic E-state index is 13.7. The number of methoxy groups -OCH3 is 2. The standard InChI is InChI=1S/C22H24FN3O3S/c1-27-18-8-5-15(6-9-18)21-24-25-22(26(21)13-19-4-3-11-29-19)30-14-16-12-17(23)7-10-20(16)28-2/h5-10,12,19H,3-4,11,13-14H2,1-2H3. The molecule has 1 aliphatic heterocycles. The van der Waals surface area contributed by atoms with E-state index in [4.69, 9.17) is 14.2 Å². The normalized spacial score (nSPS) is 16.0. The molecule has 2 aromatic carbocycles. The number of ether oxygens (including phenoxy) is 3. The van der Waals surface area contributed by atoms with Crippen LogP contribution in [-0.2, 0) is 17.0 Å². The highest BCUT2D eigenvalue weighted by molar-refractivity contribution is 7.98. The van der Waals surface area contributed by atoms with Gasteiger partial charge in [-0.05, 0) is 55.3 Å². The van der Waals surface area contributed by atoms with E-state index in [9.17, 15) is 4.39 Å². The Morgan fingerprint density at radius 1 is 1.13 bits per heavy atom. The Bertz CT molecular complexity index is 988. The van der Waals surface area contributed by atoms with Gasteiger partial charge in [0.15, 0.2) is 11.0 Å². The second-order valence-corrected chi connectivity index (χ2v) is 7.97. The number of aromatic nitrogens is 3. The van der Waals surface area contributed by atoms with Gasteiger partial charge in [0.2, 0.25) is 0 Å². The molecular formula is C22H24FN3O3S. The van der Waals surface area contributed by atoms with Gasteiger partial charge in [0, 0.05) is 23.5 Å². The van der Waals surface area contributed by atoms with E-state index in [0.29, 0.717) is 18.0 Å². The van der Waals surface area contributed by atoms with Gasteiger partial charge in [0.1, 0.15) is 17.3 Å². The molecule has 1 atom stereocenters. The van der Waals surface area contributed by atoms with Crippen molar-refractivity contribution in [3.8, 4) is 22.9 Å². The highest BCUT2D eigenvalue weighted by atomic mass is 32.2. The van der Waals surface area contributed by atoms with E-state index >= 15 is 0 Å². The third-order valence-corrected chi connectivity index (χ3v) is 6.09. The van der Waals surface area contributed by atoms with Crippen molar-refractivity contribution < 1.29 is 18.6 Å². The zero-order chi connectivity index (χ0) is 20.9. The number of halogens is 1. The second-order valence-electron chi connectivity index (χ2n) is 7.03. The predicted molar refractivity (Wildman–Crippen MR) is 113 cm³/mol. The first-order valence-corrected chi connectivity index (χ1v) is 10.8. The molecular weight excluding hydrogens is 405 g/mol. The van der Waals surface area contributed by atoms with E-state index in [0.717, 1.165) is 47.3 Å². The largest absolute Gasteiger partial charge is 0.497 e. The van der Waals surface area contributed by atoms with Crippen LogP contribution in [0.25, 0.3) is 11.4 Å². The van der Waals surface area contributed by atoms with E-state index in [-0.39, 0.29) is 11.9 Å². The minimum absolute atomic E-state index is 0.140. The molecule has 0 radical (unpaired) electrons. The molecule has 0 spiro atoms.